The van der Waals surface area contributed by atoms with Gasteiger partial charge < -0.3 is 39.9 Å². The van der Waals surface area contributed by atoms with Crippen LogP contribution in [0.2, 0.25) is 0 Å². The van der Waals surface area contributed by atoms with Crippen LogP contribution >= 0.6 is 0 Å². The van der Waals surface area contributed by atoms with Crippen LogP contribution in [0.15, 0.2) is 84.7 Å². The number of H-pyrrole nitrogens is 2. The number of rotatable bonds is 10. The van der Waals surface area contributed by atoms with Gasteiger partial charge in [-0.2, -0.15) is 0 Å². The van der Waals surface area contributed by atoms with Gasteiger partial charge in [0.15, 0.2) is 0 Å². The predicted molar refractivity (Wildman–Crippen MR) is 232 cm³/mol. The Kier molecular flexibility index (Phi) is 12.6. The zero-order valence-electron chi connectivity index (χ0n) is 35.5. The normalized spacial score (nSPS) is 17.2. The van der Waals surface area contributed by atoms with E-state index in [0.717, 1.165) is 62.8 Å². The molecular weight excluding hydrogens is 773 g/mol. The number of aromatic amines is 2. The number of carbonyl (C=O) groups is 4. The number of nitrogens with zero attached hydrogens (tertiary/aromatic N) is 4. The van der Waals surface area contributed by atoms with E-state index in [1.807, 2.05) is 77.1 Å². The number of methoxy groups -OCH3 is 2. The lowest BCUT2D eigenvalue weighted by Crippen LogP contribution is -2.51. The van der Waals surface area contributed by atoms with Crippen molar-refractivity contribution in [3.05, 3.63) is 107 Å². The maximum atomic E-state index is 13.7. The summed E-state index contributed by atoms with van der Waals surface area (Å²) in [6, 6.07) is 18.3. The molecule has 1 fully saturated rings. The molecule has 61 heavy (non-hydrogen) atoms. The van der Waals surface area contributed by atoms with E-state index in [4.69, 9.17) is 9.47 Å². The second-order valence-corrected chi connectivity index (χ2v) is 16.3. The third-order valence-corrected chi connectivity index (χ3v) is 11.3. The van der Waals surface area contributed by atoms with Crippen molar-refractivity contribution in [3.63, 3.8) is 0 Å². The highest BCUT2D eigenvalue weighted by Crippen LogP contribution is 2.34. The number of likely N-dealkylation sites (tertiary alicyclic amines) is 1. The van der Waals surface area contributed by atoms with Gasteiger partial charge in [-0.1, -0.05) is 81.5 Å². The van der Waals surface area contributed by atoms with Crippen molar-refractivity contribution < 1.29 is 28.7 Å². The molecule has 2 aliphatic rings. The molecule has 2 aliphatic heterocycles. The first-order valence-electron chi connectivity index (χ1n) is 20.6. The zero-order chi connectivity index (χ0) is 43.4. The Morgan fingerprint density at radius 3 is 1.92 bits per heavy atom. The number of imidazole rings is 2. The Bertz CT molecular complexity index is 2530. The number of ether oxygens (including phenoxy) is 2. The highest BCUT2D eigenvalue weighted by Gasteiger charge is 2.38. The van der Waals surface area contributed by atoms with Crippen molar-refractivity contribution in [1.82, 2.24) is 40.4 Å². The van der Waals surface area contributed by atoms with Gasteiger partial charge >= 0.3 is 12.2 Å². The molecule has 0 unspecified atom stereocenters. The van der Waals surface area contributed by atoms with Crippen molar-refractivity contribution in [2.45, 2.75) is 71.6 Å². The molecule has 4 atom stereocenters. The smallest absolute Gasteiger partial charge is 0.407 e. The van der Waals surface area contributed by atoms with Gasteiger partial charge in [0.1, 0.15) is 29.8 Å². The van der Waals surface area contributed by atoms with Gasteiger partial charge in [0.05, 0.1) is 44.0 Å². The van der Waals surface area contributed by atoms with Gasteiger partial charge in [0.25, 0.3) is 0 Å². The largest absolute Gasteiger partial charge is 0.453 e. The Morgan fingerprint density at radius 2 is 1.26 bits per heavy atom. The topological polar surface area (TPSA) is 175 Å². The van der Waals surface area contributed by atoms with E-state index in [1.165, 1.54) is 14.2 Å². The van der Waals surface area contributed by atoms with E-state index in [9.17, 15) is 19.2 Å². The van der Waals surface area contributed by atoms with Crippen LogP contribution in [-0.4, -0.2) is 93.1 Å². The molecule has 0 aliphatic carbocycles. The standard InChI is InChI=1S/C47H52N8O6/c1-27(2)40(52-46(58)60-6)44(56)54-20-8-9-38(54)42-48-24-36(50-42)32-15-12-30(13-16-32)10-11-31-14-17-34-23-35(19-18-33(34)22-31)37-25-49-43(51-37)39-21-29(5)26-55(39)45(57)41(28(3)4)53-47(59)61-7/h12-19,21-25,27-28,38-41H,8-9,20,26H2,1-7H3,(H,48,50)(H,49,51)(H,52,58)(H,53,59)/t38-,39-,40-,41-/m0/s1. The first-order valence-corrected chi connectivity index (χ1v) is 20.6. The van der Waals surface area contributed by atoms with Gasteiger partial charge in [0.2, 0.25) is 11.8 Å². The van der Waals surface area contributed by atoms with Crippen molar-refractivity contribution in [1.29, 1.82) is 0 Å². The molecule has 4 N–H and O–H groups in total. The quantitative estimate of drug-likeness (QED) is 0.0840. The van der Waals surface area contributed by atoms with Crippen molar-refractivity contribution in [3.8, 4) is 34.4 Å². The monoisotopic (exact) mass is 824 g/mol. The Labute approximate surface area is 355 Å². The molecule has 14 heteroatoms. The number of aromatic nitrogens is 4. The summed E-state index contributed by atoms with van der Waals surface area (Å²) in [7, 11) is 2.57. The fourth-order valence-corrected chi connectivity index (χ4v) is 7.95. The number of hydrogen-bond acceptors (Lipinski definition) is 8. The molecule has 1 saturated heterocycles. The molecule has 2 aromatic heterocycles. The third kappa shape index (κ3) is 9.31. The van der Waals surface area contributed by atoms with Crippen LogP contribution in [0, 0.1) is 23.7 Å². The van der Waals surface area contributed by atoms with E-state index in [1.54, 1.807) is 22.2 Å². The highest BCUT2D eigenvalue weighted by atomic mass is 16.5. The molecule has 3 aromatic carbocycles. The van der Waals surface area contributed by atoms with E-state index < -0.39 is 30.3 Å². The number of benzene rings is 3. The lowest BCUT2D eigenvalue weighted by atomic mass is 10.0. The van der Waals surface area contributed by atoms with Crippen molar-refractivity contribution >= 4 is 34.8 Å². The maximum absolute atomic E-state index is 13.7. The summed E-state index contributed by atoms with van der Waals surface area (Å²) in [6.45, 7) is 10.6. The van der Waals surface area contributed by atoms with Crippen LogP contribution < -0.4 is 10.6 Å². The SMILES string of the molecule is COC(=O)N[C@H](C(=O)N1CC(C)=C[C@H]1c1ncc(-c2ccc3cc(C#Cc4ccc(-c5cnc([C@@H]6CCCN6C(=O)[C@@H](NC(=O)OC)C(C)C)[nH]5)cc4)ccc3c2)[nH]1)C(C)C. The third-order valence-electron chi connectivity index (χ3n) is 11.3. The molecule has 0 spiro atoms. The number of nitrogens with one attached hydrogen (secondary N) is 4. The van der Waals surface area contributed by atoms with Gasteiger partial charge in [-0.3, -0.25) is 9.59 Å². The zero-order valence-corrected chi connectivity index (χ0v) is 35.5. The minimum atomic E-state index is -0.735. The summed E-state index contributed by atoms with van der Waals surface area (Å²) in [5.41, 5.74) is 6.37. The van der Waals surface area contributed by atoms with Crippen LogP contribution in [0.1, 0.15) is 82.3 Å². The fourth-order valence-electron chi connectivity index (χ4n) is 7.95. The summed E-state index contributed by atoms with van der Waals surface area (Å²) < 4.78 is 9.52. The van der Waals surface area contributed by atoms with Gasteiger partial charge in [-0.05, 0) is 78.3 Å². The second-order valence-electron chi connectivity index (χ2n) is 16.3. The Hall–Kier alpha value is -6.88. The molecule has 7 rings (SSSR count). The number of amides is 4. The van der Waals surface area contributed by atoms with Crippen LogP contribution in [0.25, 0.3) is 33.3 Å². The van der Waals surface area contributed by atoms with Crippen LogP contribution in [0.4, 0.5) is 9.59 Å². The van der Waals surface area contributed by atoms with Gasteiger partial charge in [0, 0.05) is 29.8 Å². The maximum Gasteiger partial charge on any atom is 0.407 e. The Morgan fingerprint density at radius 1 is 0.721 bits per heavy atom. The summed E-state index contributed by atoms with van der Waals surface area (Å²) in [5, 5.41) is 7.48. The fraction of sp³-hybridized carbons (Fsp3) is 0.362. The van der Waals surface area contributed by atoms with E-state index in [2.05, 4.69) is 66.7 Å². The number of fused-ring (bicyclic) bond motifs is 1. The van der Waals surface area contributed by atoms with Crippen molar-refractivity contribution in [2.75, 3.05) is 27.3 Å². The number of hydrogen-bond donors (Lipinski definition) is 4. The lowest BCUT2D eigenvalue weighted by Gasteiger charge is -2.30. The average molecular weight is 825 g/mol. The molecule has 4 amide bonds. The molecule has 0 radical (unpaired) electrons. The second kappa shape index (κ2) is 18.2. The first kappa shape index (κ1) is 42.3. The molecular formula is C47H52N8O6. The van der Waals surface area contributed by atoms with E-state index in [-0.39, 0.29) is 29.7 Å². The van der Waals surface area contributed by atoms with Crippen molar-refractivity contribution in [2.24, 2.45) is 11.8 Å². The van der Waals surface area contributed by atoms with Crippen LogP contribution in [0.5, 0.6) is 0 Å². The summed E-state index contributed by atoms with van der Waals surface area (Å²) in [4.78, 5) is 70.9. The van der Waals surface area contributed by atoms with Gasteiger partial charge in [-0.15, -0.1) is 0 Å². The lowest BCUT2D eigenvalue weighted by molar-refractivity contribution is -0.136. The Balaban J connectivity index is 1.01. The molecule has 0 bridgehead atoms. The highest BCUT2D eigenvalue weighted by molar-refractivity contribution is 5.89. The van der Waals surface area contributed by atoms with Crippen LogP contribution in [-0.2, 0) is 19.1 Å². The average Bonchev–Trinajstić information content (AvgIpc) is 4.10. The predicted octanol–water partition coefficient (Wildman–Crippen LogP) is 7.27. The minimum absolute atomic E-state index is 0.108. The first-order chi connectivity index (χ1) is 29.3. The molecule has 5 aromatic rings. The molecule has 0 saturated carbocycles. The van der Waals surface area contributed by atoms with Crippen LogP contribution in [0.3, 0.4) is 0 Å². The summed E-state index contributed by atoms with van der Waals surface area (Å²) >= 11 is 0. The molecule has 316 valence electrons. The summed E-state index contributed by atoms with van der Waals surface area (Å²) in [5.74, 6) is 7.36. The minimum Gasteiger partial charge on any atom is -0.453 e. The summed E-state index contributed by atoms with van der Waals surface area (Å²) in [6.07, 6.45) is 5.95. The number of carbonyl (C=O) groups excluding carboxylic acids is 4. The van der Waals surface area contributed by atoms with Gasteiger partial charge in [-0.25, -0.2) is 19.6 Å². The molecule has 4 heterocycles. The molecule has 14 nitrogen and oxygen atoms in total. The van der Waals surface area contributed by atoms with E-state index >= 15 is 0 Å². The number of alkyl carbamates (subject to hydrolysis) is 2. The van der Waals surface area contributed by atoms with E-state index in [0.29, 0.717) is 24.7 Å².